The van der Waals surface area contributed by atoms with E-state index in [0.717, 1.165) is 25.7 Å². The molecular formula is C13H22N2O3. The third-order valence-corrected chi connectivity index (χ3v) is 4.46. The molecule has 2 fully saturated rings. The quantitative estimate of drug-likeness (QED) is 0.717. The minimum absolute atomic E-state index is 0.216. The first-order valence-electron chi connectivity index (χ1n) is 6.72. The maximum Gasteiger partial charge on any atom is 0.315 e. The fraction of sp³-hybridized carbons (Fsp3) is 0.846. The van der Waals surface area contributed by atoms with Crippen molar-refractivity contribution in [3.8, 4) is 0 Å². The van der Waals surface area contributed by atoms with Crippen LogP contribution in [0.25, 0.3) is 0 Å². The van der Waals surface area contributed by atoms with Crippen LogP contribution in [0.2, 0.25) is 0 Å². The monoisotopic (exact) mass is 254 g/mol. The van der Waals surface area contributed by atoms with E-state index < -0.39 is 11.4 Å². The Bertz CT molecular complexity index is 352. The largest absolute Gasteiger partial charge is 0.481 e. The summed E-state index contributed by atoms with van der Waals surface area (Å²) in [5.41, 5.74) is -0.815. The highest BCUT2D eigenvalue weighted by atomic mass is 16.4. The van der Waals surface area contributed by atoms with E-state index in [-0.39, 0.29) is 18.1 Å². The Balaban J connectivity index is 1.85. The van der Waals surface area contributed by atoms with E-state index in [1.807, 2.05) is 0 Å². The van der Waals surface area contributed by atoms with Crippen molar-refractivity contribution in [1.82, 2.24) is 10.6 Å². The summed E-state index contributed by atoms with van der Waals surface area (Å²) in [7, 11) is 0. The van der Waals surface area contributed by atoms with E-state index in [1.165, 1.54) is 0 Å². The molecule has 102 valence electrons. The minimum Gasteiger partial charge on any atom is -0.481 e. The van der Waals surface area contributed by atoms with Crippen molar-refractivity contribution in [2.75, 3.05) is 0 Å². The number of carbonyl (C=O) groups excluding carboxylic acids is 1. The Morgan fingerprint density at radius 3 is 2.50 bits per heavy atom. The molecule has 2 rings (SSSR count). The maximum absolute atomic E-state index is 11.8. The van der Waals surface area contributed by atoms with Crippen molar-refractivity contribution in [3.63, 3.8) is 0 Å². The number of rotatable bonds is 3. The van der Waals surface area contributed by atoms with Crippen molar-refractivity contribution < 1.29 is 14.7 Å². The molecule has 2 aliphatic carbocycles. The van der Waals surface area contributed by atoms with Gasteiger partial charge in [0.2, 0.25) is 0 Å². The molecule has 0 bridgehead atoms. The molecule has 5 heteroatoms. The molecule has 0 aliphatic heterocycles. The molecule has 5 nitrogen and oxygen atoms in total. The van der Waals surface area contributed by atoms with Crippen LogP contribution in [0, 0.1) is 11.3 Å². The number of hydrogen-bond donors (Lipinski definition) is 3. The molecule has 0 aromatic carbocycles. The van der Waals surface area contributed by atoms with Gasteiger partial charge in [-0.05, 0) is 38.5 Å². The zero-order valence-electron chi connectivity index (χ0n) is 11.0. The molecule has 0 saturated heterocycles. The fourth-order valence-corrected chi connectivity index (χ4v) is 3.06. The highest BCUT2D eigenvalue weighted by molar-refractivity contribution is 5.79. The lowest BCUT2D eigenvalue weighted by Crippen LogP contribution is -2.54. The third kappa shape index (κ3) is 2.44. The van der Waals surface area contributed by atoms with Crippen molar-refractivity contribution in [2.45, 2.75) is 58.0 Å². The molecule has 0 aromatic heterocycles. The van der Waals surface area contributed by atoms with Gasteiger partial charge in [-0.25, -0.2) is 4.79 Å². The molecular weight excluding hydrogens is 232 g/mol. The molecule has 2 aliphatic rings. The van der Waals surface area contributed by atoms with Gasteiger partial charge in [0.25, 0.3) is 0 Å². The predicted molar refractivity (Wildman–Crippen MR) is 67.2 cm³/mol. The summed E-state index contributed by atoms with van der Waals surface area (Å²) >= 11 is 0. The normalized spacial score (nSPS) is 38.9. The second kappa shape index (κ2) is 4.78. The van der Waals surface area contributed by atoms with Crippen LogP contribution in [0.3, 0.4) is 0 Å². The number of amides is 2. The van der Waals surface area contributed by atoms with Crippen molar-refractivity contribution in [2.24, 2.45) is 11.3 Å². The molecule has 2 unspecified atom stereocenters. The van der Waals surface area contributed by atoms with Gasteiger partial charge in [0.05, 0.1) is 5.41 Å². The van der Waals surface area contributed by atoms with Crippen LogP contribution < -0.4 is 10.6 Å². The first-order chi connectivity index (χ1) is 8.41. The van der Waals surface area contributed by atoms with E-state index >= 15 is 0 Å². The summed E-state index contributed by atoms with van der Waals surface area (Å²) in [6.45, 7) is 3.88. The molecule has 2 amide bonds. The van der Waals surface area contributed by atoms with E-state index in [9.17, 15) is 14.7 Å². The topological polar surface area (TPSA) is 78.4 Å². The third-order valence-electron chi connectivity index (χ3n) is 4.46. The zero-order chi connectivity index (χ0) is 13.3. The van der Waals surface area contributed by atoms with Crippen LogP contribution in [0.15, 0.2) is 0 Å². The van der Waals surface area contributed by atoms with Crippen molar-refractivity contribution in [1.29, 1.82) is 0 Å². The van der Waals surface area contributed by atoms with Crippen LogP contribution in [0.5, 0.6) is 0 Å². The van der Waals surface area contributed by atoms with Crippen molar-refractivity contribution in [3.05, 3.63) is 0 Å². The first-order valence-corrected chi connectivity index (χ1v) is 6.72. The molecule has 18 heavy (non-hydrogen) atoms. The number of carbonyl (C=O) groups is 2. The maximum atomic E-state index is 11.8. The van der Waals surface area contributed by atoms with Gasteiger partial charge in [-0.15, -0.1) is 0 Å². The van der Waals surface area contributed by atoms with Gasteiger partial charge in [0, 0.05) is 12.1 Å². The standard InChI is InChI=1S/C13H22N2O3/c1-8-6-9(7-8)14-12(18)15-10-4-3-5-13(10,2)11(16)17/h8-10H,3-7H2,1-2H3,(H,16,17)(H2,14,15,18). The van der Waals surface area contributed by atoms with Crippen LogP contribution in [0.1, 0.15) is 46.0 Å². The van der Waals surface area contributed by atoms with Crippen LogP contribution in [-0.4, -0.2) is 29.2 Å². The van der Waals surface area contributed by atoms with Crippen LogP contribution in [0.4, 0.5) is 4.79 Å². The summed E-state index contributed by atoms with van der Waals surface area (Å²) < 4.78 is 0. The molecule has 3 N–H and O–H groups in total. The van der Waals surface area contributed by atoms with Crippen LogP contribution >= 0.6 is 0 Å². The minimum atomic E-state index is -0.817. The lowest BCUT2D eigenvalue weighted by Gasteiger charge is -2.34. The van der Waals surface area contributed by atoms with E-state index in [4.69, 9.17) is 0 Å². The van der Waals surface area contributed by atoms with Crippen molar-refractivity contribution >= 4 is 12.0 Å². The summed E-state index contributed by atoms with van der Waals surface area (Å²) in [5, 5.41) is 15.0. The average Bonchev–Trinajstić information content (AvgIpc) is 2.59. The Morgan fingerprint density at radius 2 is 1.94 bits per heavy atom. The second-order valence-electron chi connectivity index (χ2n) is 6.06. The van der Waals surface area contributed by atoms with Gasteiger partial charge >= 0.3 is 12.0 Å². The van der Waals surface area contributed by atoms with Gasteiger partial charge < -0.3 is 15.7 Å². The van der Waals surface area contributed by atoms with E-state index in [2.05, 4.69) is 17.6 Å². The molecule has 2 saturated carbocycles. The summed E-state index contributed by atoms with van der Waals surface area (Å²) in [6.07, 6.45) is 4.28. The summed E-state index contributed by atoms with van der Waals surface area (Å²) in [5.74, 6) is -0.131. The van der Waals surface area contributed by atoms with Crippen LogP contribution in [-0.2, 0) is 4.79 Å². The number of nitrogens with one attached hydrogen (secondary N) is 2. The Morgan fingerprint density at radius 1 is 1.28 bits per heavy atom. The number of aliphatic carboxylic acids is 1. The number of hydrogen-bond acceptors (Lipinski definition) is 2. The predicted octanol–water partition coefficient (Wildman–Crippen LogP) is 1.73. The van der Waals surface area contributed by atoms with Gasteiger partial charge in [-0.1, -0.05) is 13.3 Å². The zero-order valence-corrected chi connectivity index (χ0v) is 11.0. The Hall–Kier alpha value is -1.26. The number of carboxylic acids is 1. The molecule has 0 heterocycles. The van der Waals surface area contributed by atoms with Gasteiger partial charge in [-0.2, -0.15) is 0 Å². The van der Waals surface area contributed by atoms with Gasteiger partial charge in [-0.3, -0.25) is 4.79 Å². The fourth-order valence-electron chi connectivity index (χ4n) is 3.06. The highest BCUT2D eigenvalue weighted by Gasteiger charge is 2.46. The number of urea groups is 1. The smallest absolute Gasteiger partial charge is 0.315 e. The molecule has 0 radical (unpaired) electrons. The first kappa shape index (κ1) is 13.2. The Labute approximate surface area is 107 Å². The molecule has 0 aromatic rings. The van der Waals surface area contributed by atoms with Gasteiger partial charge in [0.15, 0.2) is 0 Å². The SMILES string of the molecule is CC1CC(NC(=O)NC2CCCC2(C)C(=O)O)C1. The molecule has 0 spiro atoms. The summed E-state index contributed by atoms with van der Waals surface area (Å²) in [4.78, 5) is 23.1. The Kier molecular flexibility index (Phi) is 3.50. The van der Waals surface area contributed by atoms with E-state index in [1.54, 1.807) is 6.92 Å². The van der Waals surface area contributed by atoms with E-state index in [0.29, 0.717) is 12.3 Å². The lowest BCUT2D eigenvalue weighted by atomic mass is 9.82. The highest BCUT2D eigenvalue weighted by Crippen LogP contribution is 2.38. The lowest BCUT2D eigenvalue weighted by molar-refractivity contribution is -0.148. The average molecular weight is 254 g/mol. The summed E-state index contributed by atoms with van der Waals surface area (Å²) in [6, 6.07) is -0.212. The molecule has 2 atom stereocenters. The number of carboxylic acid groups (broad SMARTS) is 1. The van der Waals surface area contributed by atoms with Gasteiger partial charge in [0.1, 0.15) is 0 Å². The second-order valence-corrected chi connectivity index (χ2v) is 6.06.